The molecular weight excluding hydrogens is 162 g/mol. The zero-order valence-corrected chi connectivity index (χ0v) is 6.39. The lowest BCUT2D eigenvalue weighted by molar-refractivity contribution is -0.117. The third-order valence-electron chi connectivity index (χ3n) is 0.989. The number of nitrogens with two attached hydrogens (primary N) is 1. The summed E-state index contributed by atoms with van der Waals surface area (Å²) in [6, 6.07) is 1.92. The molecule has 0 unspecified atom stereocenters. The summed E-state index contributed by atoms with van der Waals surface area (Å²) in [5.41, 5.74) is 4.92. The third kappa shape index (κ3) is 2.02. The van der Waals surface area contributed by atoms with Crippen LogP contribution in [0.3, 0.4) is 0 Å². The second-order valence-electron chi connectivity index (χ2n) is 1.87. The Labute approximate surface area is 67.3 Å². The van der Waals surface area contributed by atoms with Crippen LogP contribution in [0, 0.1) is 11.3 Å². The summed E-state index contributed by atoms with van der Waals surface area (Å²) in [5.74, 6) is -0.427. The molecule has 0 atom stereocenters. The van der Waals surface area contributed by atoms with Crippen LogP contribution in [-0.2, 0) is 11.2 Å². The highest BCUT2D eigenvalue weighted by atomic mass is 32.1. The molecule has 0 bridgehead atoms. The number of nitrogens with zero attached hydrogens (tertiary/aromatic N) is 2. The Morgan fingerprint density at radius 2 is 2.64 bits per heavy atom. The van der Waals surface area contributed by atoms with Gasteiger partial charge >= 0.3 is 0 Å². The number of thiazole rings is 1. The zero-order chi connectivity index (χ0) is 8.27. The Hall–Kier alpha value is -1.41. The van der Waals surface area contributed by atoms with E-state index in [1.165, 1.54) is 17.5 Å². The van der Waals surface area contributed by atoms with Crippen molar-refractivity contribution in [1.29, 1.82) is 5.26 Å². The molecule has 1 rings (SSSR count). The number of carbonyl (C=O) groups is 1. The molecule has 0 fully saturated rings. The topological polar surface area (TPSA) is 79.8 Å². The lowest BCUT2D eigenvalue weighted by Gasteiger charge is -1.85. The maximum absolute atomic E-state index is 10.4. The first-order valence-corrected chi connectivity index (χ1v) is 3.67. The van der Waals surface area contributed by atoms with Crippen molar-refractivity contribution in [1.82, 2.24) is 4.98 Å². The number of nitriles is 1. The molecule has 1 aromatic heterocycles. The van der Waals surface area contributed by atoms with E-state index >= 15 is 0 Å². The van der Waals surface area contributed by atoms with E-state index in [2.05, 4.69) is 4.98 Å². The van der Waals surface area contributed by atoms with Crippen LogP contribution in [0.5, 0.6) is 0 Å². The van der Waals surface area contributed by atoms with Gasteiger partial charge in [0.15, 0.2) is 0 Å². The van der Waals surface area contributed by atoms with Gasteiger partial charge in [-0.05, 0) is 0 Å². The second-order valence-corrected chi connectivity index (χ2v) is 2.99. The summed E-state index contributed by atoms with van der Waals surface area (Å²) in [6.07, 6.45) is 1.55. The van der Waals surface area contributed by atoms with Gasteiger partial charge in [0.2, 0.25) is 5.91 Å². The highest BCUT2D eigenvalue weighted by Gasteiger charge is 2.03. The van der Waals surface area contributed by atoms with Crippen molar-refractivity contribution < 1.29 is 4.79 Å². The molecule has 0 aliphatic rings. The van der Waals surface area contributed by atoms with Crippen LogP contribution in [0.4, 0.5) is 0 Å². The summed E-state index contributed by atoms with van der Waals surface area (Å²) in [5, 5.41) is 8.98. The third-order valence-corrected chi connectivity index (χ3v) is 1.89. The van der Waals surface area contributed by atoms with E-state index in [9.17, 15) is 4.79 Å². The molecule has 56 valence electrons. The molecule has 11 heavy (non-hydrogen) atoms. The molecule has 0 aliphatic carbocycles. The van der Waals surface area contributed by atoms with Crippen molar-refractivity contribution in [2.24, 2.45) is 5.73 Å². The van der Waals surface area contributed by atoms with Gasteiger partial charge in [0.1, 0.15) is 16.0 Å². The summed E-state index contributed by atoms with van der Waals surface area (Å²) in [7, 11) is 0. The number of hydrogen-bond donors (Lipinski definition) is 1. The van der Waals surface area contributed by atoms with Gasteiger partial charge < -0.3 is 5.73 Å². The van der Waals surface area contributed by atoms with E-state index in [4.69, 9.17) is 11.0 Å². The number of hydrogen-bond acceptors (Lipinski definition) is 4. The standard InChI is InChI=1S/C6H5N3OS/c7-2-4-3-9-6(11-4)1-5(8)10/h3H,1H2,(H2,8,10). The molecule has 2 N–H and O–H groups in total. The maximum Gasteiger partial charge on any atom is 0.224 e. The molecule has 0 radical (unpaired) electrons. The largest absolute Gasteiger partial charge is 0.369 e. The molecule has 0 saturated heterocycles. The fourth-order valence-corrected chi connectivity index (χ4v) is 1.32. The van der Waals surface area contributed by atoms with Crippen molar-refractivity contribution in [2.75, 3.05) is 0 Å². The molecule has 0 spiro atoms. The first-order chi connectivity index (χ1) is 5.22. The molecule has 5 heteroatoms. The van der Waals surface area contributed by atoms with E-state index in [1.54, 1.807) is 0 Å². The van der Waals surface area contributed by atoms with Crippen LogP contribution in [0.15, 0.2) is 6.20 Å². The molecular formula is C6H5N3OS. The Balaban J connectivity index is 2.75. The number of carbonyl (C=O) groups excluding carboxylic acids is 1. The Morgan fingerprint density at radius 3 is 3.09 bits per heavy atom. The van der Waals surface area contributed by atoms with Gasteiger partial charge in [0.25, 0.3) is 0 Å². The van der Waals surface area contributed by atoms with Gasteiger partial charge in [-0.2, -0.15) is 5.26 Å². The monoisotopic (exact) mass is 167 g/mol. The van der Waals surface area contributed by atoms with Gasteiger partial charge in [0, 0.05) is 0 Å². The van der Waals surface area contributed by atoms with Gasteiger partial charge in [-0.1, -0.05) is 0 Å². The molecule has 0 aromatic carbocycles. The normalized spacial score (nSPS) is 9.00. The second kappa shape index (κ2) is 3.12. The summed E-state index contributed by atoms with van der Waals surface area (Å²) >= 11 is 1.19. The average molecular weight is 167 g/mol. The fourth-order valence-electron chi connectivity index (χ4n) is 0.593. The molecule has 1 aromatic rings. The van der Waals surface area contributed by atoms with Gasteiger partial charge in [-0.3, -0.25) is 4.79 Å². The summed E-state index contributed by atoms with van der Waals surface area (Å²) < 4.78 is 0. The smallest absolute Gasteiger partial charge is 0.224 e. The summed E-state index contributed by atoms with van der Waals surface area (Å²) in [4.78, 5) is 14.7. The minimum atomic E-state index is -0.427. The Morgan fingerprint density at radius 1 is 1.91 bits per heavy atom. The Bertz CT molecular complexity index is 312. The first kappa shape index (κ1) is 7.69. The number of primary amides is 1. The maximum atomic E-state index is 10.4. The van der Waals surface area contributed by atoms with Crippen molar-refractivity contribution >= 4 is 17.2 Å². The van der Waals surface area contributed by atoms with Gasteiger partial charge in [-0.15, -0.1) is 11.3 Å². The highest BCUT2D eigenvalue weighted by Crippen LogP contribution is 2.11. The minimum absolute atomic E-state index is 0.117. The number of rotatable bonds is 2. The van der Waals surface area contributed by atoms with Crippen LogP contribution in [-0.4, -0.2) is 10.9 Å². The SMILES string of the molecule is N#Cc1cnc(CC(N)=O)s1. The molecule has 1 amide bonds. The number of aromatic nitrogens is 1. The minimum Gasteiger partial charge on any atom is -0.369 e. The van der Waals surface area contributed by atoms with E-state index in [0.29, 0.717) is 9.88 Å². The average Bonchev–Trinajstić information content (AvgIpc) is 2.34. The predicted octanol–water partition coefficient (Wildman–Crippen LogP) is 0.0426. The molecule has 4 nitrogen and oxygen atoms in total. The van der Waals surface area contributed by atoms with Crippen molar-refractivity contribution in [3.63, 3.8) is 0 Å². The molecule has 0 saturated carbocycles. The van der Waals surface area contributed by atoms with Crippen LogP contribution < -0.4 is 5.73 Å². The van der Waals surface area contributed by atoms with Crippen LogP contribution in [0.1, 0.15) is 9.88 Å². The first-order valence-electron chi connectivity index (χ1n) is 2.85. The van der Waals surface area contributed by atoms with Crippen molar-refractivity contribution in [2.45, 2.75) is 6.42 Å². The van der Waals surface area contributed by atoms with Crippen LogP contribution >= 0.6 is 11.3 Å². The van der Waals surface area contributed by atoms with Crippen LogP contribution in [0.2, 0.25) is 0 Å². The van der Waals surface area contributed by atoms with Crippen LogP contribution in [0.25, 0.3) is 0 Å². The van der Waals surface area contributed by atoms with Gasteiger partial charge in [-0.25, -0.2) is 4.98 Å². The molecule has 1 heterocycles. The van der Waals surface area contributed by atoms with E-state index < -0.39 is 5.91 Å². The molecule has 0 aliphatic heterocycles. The lowest BCUT2D eigenvalue weighted by atomic mass is 10.4. The quantitative estimate of drug-likeness (QED) is 0.675. The summed E-state index contributed by atoms with van der Waals surface area (Å²) in [6.45, 7) is 0. The van der Waals surface area contributed by atoms with E-state index in [-0.39, 0.29) is 6.42 Å². The Kier molecular flexibility index (Phi) is 2.18. The van der Waals surface area contributed by atoms with Crippen molar-refractivity contribution in [3.8, 4) is 6.07 Å². The highest BCUT2D eigenvalue weighted by molar-refractivity contribution is 7.12. The predicted molar refractivity (Wildman–Crippen MR) is 39.7 cm³/mol. The van der Waals surface area contributed by atoms with E-state index in [0.717, 1.165) is 0 Å². The van der Waals surface area contributed by atoms with Gasteiger partial charge in [0.05, 0.1) is 12.6 Å². The lowest BCUT2D eigenvalue weighted by Crippen LogP contribution is -2.13. The van der Waals surface area contributed by atoms with E-state index in [1.807, 2.05) is 6.07 Å². The number of amides is 1. The van der Waals surface area contributed by atoms with Crippen molar-refractivity contribution in [3.05, 3.63) is 16.1 Å². The fraction of sp³-hybridized carbons (Fsp3) is 0.167. The zero-order valence-electron chi connectivity index (χ0n) is 5.57.